The van der Waals surface area contributed by atoms with Crippen LogP contribution in [0.15, 0.2) is 15.5 Å². The van der Waals surface area contributed by atoms with Crippen LogP contribution in [0.3, 0.4) is 0 Å². The first-order valence-electron chi connectivity index (χ1n) is 6.30. The van der Waals surface area contributed by atoms with Crippen molar-refractivity contribution in [3.8, 4) is 0 Å². The van der Waals surface area contributed by atoms with Crippen LogP contribution in [0.4, 0.5) is 5.69 Å². The molecule has 1 N–H and O–H groups in total. The maximum atomic E-state index is 12.1. The van der Waals surface area contributed by atoms with Gasteiger partial charge in [0.1, 0.15) is 4.47 Å². The Balaban J connectivity index is 2.07. The van der Waals surface area contributed by atoms with Crippen LogP contribution in [0.1, 0.15) is 19.8 Å². The second-order valence-electron chi connectivity index (χ2n) is 4.99. The summed E-state index contributed by atoms with van der Waals surface area (Å²) in [6, 6.07) is 0. The zero-order valence-corrected chi connectivity index (χ0v) is 13.5. The minimum atomic E-state index is -0.881. The molecule has 0 saturated heterocycles. The largest absolute Gasteiger partial charge is 0.381 e. The van der Waals surface area contributed by atoms with Crippen LogP contribution in [0.25, 0.3) is 0 Å². The van der Waals surface area contributed by atoms with E-state index in [1.165, 1.54) is 17.5 Å². The van der Waals surface area contributed by atoms with Gasteiger partial charge in [-0.15, -0.1) is 0 Å². The molecular formula is C12H18BrN3O2S. The predicted octanol–water partition coefficient (Wildman–Crippen LogP) is 1.59. The van der Waals surface area contributed by atoms with Crippen molar-refractivity contribution < 1.29 is 4.21 Å². The molecule has 5 nitrogen and oxygen atoms in total. The standard InChI is InChI=1S/C12H18BrN3O2S/c1-8(19(2)18)5-14-10-6-15-16(7-9-3-4-9)12(17)11(10)13/h6,8-9,14H,3-5,7H2,1-2H3. The van der Waals surface area contributed by atoms with E-state index >= 15 is 0 Å². The van der Waals surface area contributed by atoms with Crippen molar-refractivity contribution >= 4 is 32.4 Å². The fraction of sp³-hybridized carbons (Fsp3) is 0.667. The Morgan fingerprint density at radius 2 is 2.32 bits per heavy atom. The van der Waals surface area contributed by atoms with Gasteiger partial charge in [0.2, 0.25) is 0 Å². The molecular weight excluding hydrogens is 330 g/mol. The average Bonchev–Trinajstić information content (AvgIpc) is 3.17. The lowest BCUT2D eigenvalue weighted by Gasteiger charge is -2.13. The Hall–Kier alpha value is -0.690. The fourth-order valence-electron chi connectivity index (χ4n) is 1.63. The van der Waals surface area contributed by atoms with Gasteiger partial charge in [-0.25, -0.2) is 4.68 Å². The number of hydrogen-bond donors (Lipinski definition) is 1. The Kier molecular flexibility index (Phi) is 4.78. The second-order valence-corrected chi connectivity index (χ2v) is 7.59. The van der Waals surface area contributed by atoms with Crippen molar-refractivity contribution in [3.05, 3.63) is 21.0 Å². The third kappa shape index (κ3) is 3.89. The normalized spacial score (nSPS) is 18.1. The Bertz CT molecular complexity index is 542. The highest BCUT2D eigenvalue weighted by Crippen LogP contribution is 2.30. The molecule has 19 heavy (non-hydrogen) atoms. The van der Waals surface area contributed by atoms with E-state index in [4.69, 9.17) is 0 Å². The van der Waals surface area contributed by atoms with Gasteiger partial charge >= 0.3 is 0 Å². The summed E-state index contributed by atoms with van der Waals surface area (Å²) in [5.41, 5.74) is 0.552. The molecule has 0 bridgehead atoms. The lowest BCUT2D eigenvalue weighted by atomic mass is 10.4. The summed E-state index contributed by atoms with van der Waals surface area (Å²) >= 11 is 3.32. The van der Waals surface area contributed by atoms with Crippen molar-refractivity contribution in [2.24, 2.45) is 5.92 Å². The van der Waals surface area contributed by atoms with E-state index in [2.05, 4.69) is 26.3 Å². The number of nitrogens with zero attached hydrogens (tertiary/aromatic N) is 2. The van der Waals surface area contributed by atoms with Gasteiger partial charge in [0.15, 0.2) is 0 Å². The van der Waals surface area contributed by atoms with E-state index in [0.717, 1.165) is 0 Å². The van der Waals surface area contributed by atoms with Crippen molar-refractivity contribution in [1.82, 2.24) is 9.78 Å². The molecule has 1 aliphatic rings. The third-order valence-electron chi connectivity index (χ3n) is 3.26. The number of rotatable bonds is 6. The molecule has 0 amide bonds. The molecule has 106 valence electrons. The van der Waals surface area contributed by atoms with Crippen LogP contribution in [-0.4, -0.2) is 32.0 Å². The summed E-state index contributed by atoms with van der Waals surface area (Å²) < 4.78 is 13.3. The van der Waals surface area contributed by atoms with Gasteiger partial charge in [-0.05, 0) is 41.6 Å². The van der Waals surface area contributed by atoms with Gasteiger partial charge in [-0.1, -0.05) is 0 Å². The van der Waals surface area contributed by atoms with E-state index in [1.807, 2.05) is 6.92 Å². The number of anilines is 1. The van der Waals surface area contributed by atoms with Crippen LogP contribution >= 0.6 is 15.9 Å². The second kappa shape index (κ2) is 6.17. The Labute approximate surface area is 123 Å². The Morgan fingerprint density at radius 3 is 2.89 bits per heavy atom. The molecule has 0 spiro atoms. The van der Waals surface area contributed by atoms with Crippen LogP contribution < -0.4 is 10.9 Å². The third-order valence-corrected chi connectivity index (χ3v) is 5.33. The first-order valence-corrected chi connectivity index (χ1v) is 8.72. The van der Waals surface area contributed by atoms with E-state index < -0.39 is 10.8 Å². The highest BCUT2D eigenvalue weighted by atomic mass is 79.9. The zero-order valence-electron chi connectivity index (χ0n) is 11.1. The highest BCUT2D eigenvalue weighted by molar-refractivity contribution is 9.10. The van der Waals surface area contributed by atoms with Gasteiger partial charge in [0.05, 0.1) is 11.9 Å². The predicted molar refractivity (Wildman–Crippen MR) is 80.9 cm³/mol. The quantitative estimate of drug-likeness (QED) is 0.848. The zero-order chi connectivity index (χ0) is 14.0. The first kappa shape index (κ1) is 14.7. The maximum absolute atomic E-state index is 12.1. The smallest absolute Gasteiger partial charge is 0.283 e. The minimum absolute atomic E-state index is 0.0285. The number of nitrogens with one attached hydrogen (secondary N) is 1. The van der Waals surface area contributed by atoms with Crippen molar-refractivity contribution in [2.45, 2.75) is 31.6 Å². The van der Waals surface area contributed by atoms with Gasteiger partial charge in [-0.3, -0.25) is 9.00 Å². The van der Waals surface area contributed by atoms with E-state index in [9.17, 15) is 9.00 Å². The minimum Gasteiger partial charge on any atom is -0.381 e. The Morgan fingerprint density at radius 1 is 1.63 bits per heavy atom. The molecule has 0 radical (unpaired) electrons. The van der Waals surface area contributed by atoms with Gasteiger partial charge in [0, 0.05) is 35.4 Å². The molecule has 1 aliphatic carbocycles. The number of halogens is 1. The van der Waals surface area contributed by atoms with Gasteiger partial charge < -0.3 is 5.32 Å². The summed E-state index contributed by atoms with van der Waals surface area (Å²) in [5, 5.41) is 7.32. The molecule has 1 aromatic rings. The van der Waals surface area contributed by atoms with Crippen molar-refractivity contribution in [1.29, 1.82) is 0 Å². The topological polar surface area (TPSA) is 64.0 Å². The van der Waals surface area contributed by atoms with Crippen molar-refractivity contribution in [2.75, 3.05) is 18.1 Å². The van der Waals surface area contributed by atoms with Crippen LogP contribution in [0.2, 0.25) is 0 Å². The fourth-order valence-corrected chi connectivity index (χ4v) is 2.40. The number of hydrogen-bond acceptors (Lipinski definition) is 4. The summed E-state index contributed by atoms with van der Waals surface area (Å²) in [7, 11) is -0.881. The average molecular weight is 348 g/mol. The van der Waals surface area contributed by atoms with Gasteiger partial charge in [-0.2, -0.15) is 5.10 Å². The monoisotopic (exact) mass is 347 g/mol. The molecule has 2 unspecified atom stereocenters. The van der Waals surface area contributed by atoms with Crippen LogP contribution in [-0.2, 0) is 17.3 Å². The molecule has 1 saturated carbocycles. The molecule has 2 atom stereocenters. The highest BCUT2D eigenvalue weighted by Gasteiger charge is 2.23. The van der Waals surface area contributed by atoms with Crippen molar-refractivity contribution in [3.63, 3.8) is 0 Å². The summed E-state index contributed by atoms with van der Waals surface area (Å²) in [5.74, 6) is 0.610. The van der Waals surface area contributed by atoms with E-state index in [1.54, 1.807) is 12.5 Å². The lowest BCUT2D eigenvalue weighted by molar-refractivity contribution is 0.532. The lowest BCUT2D eigenvalue weighted by Crippen LogP contribution is -2.27. The number of aromatic nitrogens is 2. The SMILES string of the molecule is CC(CNc1cnn(CC2CC2)c(=O)c1Br)S(C)=O. The van der Waals surface area contributed by atoms with Gasteiger partial charge in [0.25, 0.3) is 5.56 Å². The molecule has 0 aromatic carbocycles. The first-order chi connectivity index (χ1) is 8.99. The molecule has 1 heterocycles. The molecule has 1 aromatic heterocycles. The molecule has 7 heteroatoms. The summed E-state index contributed by atoms with van der Waals surface area (Å²) in [4.78, 5) is 12.1. The van der Waals surface area contributed by atoms with Crippen LogP contribution in [0.5, 0.6) is 0 Å². The summed E-state index contributed by atoms with van der Waals surface area (Å²) in [6.45, 7) is 3.15. The molecule has 1 fully saturated rings. The molecule has 0 aliphatic heterocycles. The maximum Gasteiger partial charge on any atom is 0.283 e. The van der Waals surface area contributed by atoms with E-state index in [0.29, 0.717) is 29.2 Å². The van der Waals surface area contributed by atoms with E-state index in [-0.39, 0.29) is 10.8 Å². The summed E-state index contributed by atoms with van der Waals surface area (Å²) in [6.07, 6.45) is 5.70. The molecule has 2 rings (SSSR count). The van der Waals surface area contributed by atoms with Crippen LogP contribution in [0, 0.1) is 5.92 Å².